The van der Waals surface area contributed by atoms with Gasteiger partial charge in [-0.3, -0.25) is 4.90 Å². The molecule has 0 spiro atoms. The van der Waals surface area contributed by atoms with E-state index >= 15 is 0 Å². The maximum Gasteiger partial charge on any atom is 0.0386 e. The zero-order chi connectivity index (χ0) is 13.0. The van der Waals surface area contributed by atoms with Crippen LogP contribution < -0.4 is 5.32 Å². The summed E-state index contributed by atoms with van der Waals surface area (Å²) < 4.78 is 0. The molecule has 1 N–H and O–H groups in total. The molecule has 1 heterocycles. The zero-order valence-electron chi connectivity index (χ0n) is 11.9. The Kier molecular flexibility index (Phi) is 5.22. The van der Waals surface area contributed by atoms with E-state index in [2.05, 4.69) is 43.1 Å². The van der Waals surface area contributed by atoms with E-state index in [0.29, 0.717) is 6.04 Å². The molecule has 3 heteroatoms. The highest BCUT2D eigenvalue weighted by Gasteiger charge is 2.27. The van der Waals surface area contributed by atoms with Crippen molar-refractivity contribution < 1.29 is 0 Å². The summed E-state index contributed by atoms with van der Waals surface area (Å²) in [6.45, 7) is 10.3. The second-order valence-corrected chi connectivity index (χ2v) is 6.39. The molecule has 0 bridgehead atoms. The fourth-order valence-electron chi connectivity index (χ4n) is 2.38. The van der Waals surface area contributed by atoms with Crippen LogP contribution in [0.2, 0.25) is 0 Å². The van der Waals surface area contributed by atoms with E-state index in [1.807, 2.05) is 11.3 Å². The standard InChI is InChI=1S/C15H26N2S/c1-4-14-8-9-15(18-14)12(3)16-10-11-17(5-2)13-6-7-13/h8-9,12-13,16H,4-7,10-11H2,1-3H3. The van der Waals surface area contributed by atoms with Gasteiger partial charge in [-0.15, -0.1) is 11.3 Å². The van der Waals surface area contributed by atoms with Crippen molar-refractivity contribution in [2.45, 2.75) is 52.1 Å². The number of likely N-dealkylation sites (N-methyl/N-ethyl adjacent to an activating group) is 1. The molecule has 0 aliphatic heterocycles. The largest absolute Gasteiger partial charge is 0.308 e. The fraction of sp³-hybridized carbons (Fsp3) is 0.733. The van der Waals surface area contributed by atoms with Crippen molar-refractivity contribution in [2.75, 3.05) is 19.6 Å². The Hall–Kier alpha value is -0.380. The van der Waals surface area contributed by atoms with Crippen LogP contribution in [0.5, 0.6) is 0 Å². The average molecular weight is 266 g/mol. The van der Waals surface area contributed by atoms with Gasteiger partial charge in [0.2, 0.25) is 0 Å². The van der Waals surface area contributed by atoms with E-state index in [4.69, 9.17) is 0 Å². The molecule has 1 aromatic rings. The average Bonchev–Trinajstić information content (AvgIpc) is 3.10. The Morgan fingerprint density at radius 3 is 2.72 bits per heavy atom. The second-order valence-electron chi connectivity index (χ2n) is 5.19. The first-order valence-corrected chi connectivity index (χ1v) is 8.12. The smallest absolute Gasteiger partial charge is 0.0386 e. The normalized spacial score (nSPS) is 17.3. The molecule has 0 radical (unpaired) electrons. The van der Waals surface area contributed by atoms with Gasteiger partial charge in [0.25, 0.3) is 0 Å². The van der Waals surface area contributed by atoms with E-state index in [1.165, 1.54) is 35.7 Å². The summed E-state index contributed by atoms with van der Waals surface area (Å²) in [5.74, 6) is 0. The molecule has 1 aromatic heterocycles. The van der Waals surface area contributed by atoms with Gasteiger partial charge in [0, 0.05) is 34.9 Å². The third-order valence-electron chi connectivity index (χ3n) is 3.78. The SMILES string of the molecule is CCc1ccc(C(C)NCCN(CC)C2CC2)s1. The molecule has 1 unspecified atom stereocenters. The molecule has 2 rings (SSSR count). The van der Waals surface area contributed by atoms with Gasteiger partial charge in [-0.2, -0.15) is 0 Å². The van der Waals surface area contributed by atoms with Gasteiger partial charge in [-0.05, 0) is 44.9 Å². The first kappa shape index (κ1) is 14.0. The Morgan fingerprint density at radius 1 is 1.39 bits per heavy atom. The number of aryl methyl sites for hydroxylation is 1. The van der Waals surface area contributed by atoms with Gasteiger partial charge in [0.1, 0.15) is 0 Å². The van der Waals surface area contributed by atoms with Crippen LogP contribution in [0.25, 0.3) is 0 Å². The van der Waals surface area contributed by atoms with Crippen molar-refractivity contribution in [3.8, 4) is 0 Å². The van der Waals surface area contributed by atoms with Crippen molar-refractivity contribution in [3.05, 3.63) is 21.9 Å². The lowest BCUT2D eigenvalue weighted by molar-refractivity contribution is 0.273. The van der Waals surface area contributed by atoms with Crippen molar-refractivity contribution >= 4 is 11.3 Å². The van der Waals surface area contributed by atoms with Gasteiger partial charge in [0.15, 0.2) is 0 Å². The summed E-state index contributed by atoms with van der Waals surface area (Å²) >= 11 is 1.95. The first-order chi connectivity index (χ1) is 8.74. The maximum atomic E-state index is 3.65. The highest BCUT2D eigenvalue weighted by atomic mass is 32.1. The van der Waals surface area contributed by atoms with E-state index in [-0.39, 0.29) is 0 Å². The van der Waals surface area contributed by atoms with Crippen LogP contribution in [0.3, 0.4) is 0 Å². The Labute approximate surface area is 115 Å². The first-order valence-electron chi connectivity index (χ1n) is 7.30. The second kappa shape index (κ2) is 6.69. The molecule has 1 atom stereocenters. The predicted octanol–water partition coefficient (Wildman–Crippen LogP) is 3.45. The van der Waals surface area contributed by atoms with Crippen LogP contribution >= 0.6 is 11.3 Å². The summed E-state index contributed by atoms with van der Waals surface area (Å²) in [5.41, 5.74) is 0. The summed E-state index contributed by atoms with van der Waals surface area (Å²) in [7, 11) is 0. The zero-order valence-corrected chi connectivity index (χ0v) is 12.7. The third-order valence-corrected chi connectivity index (χ3v) is 5.19. The Morgan fingerprint density at radius 2 is 2.17 bits per heavy atom. The molecule has 1 fully saturated rings. The molecule has 2 nitrogen and oxygen atoms in total. The number of rotatable bonds is 8. The molecule has 102 valence electrons. The highest BCUT2D eigenvalue weighted by molar-refractivity contribution is 7.12. The molecule has 0 aromatic carbocycles. The van der Waals surface area contributed by atoms with E-state index < -0.39 is 0 Å². The highest BCUT2D eigenvalue weighted by Crippen LogP contribution is 2.26. The fourth-order valence-corrected chi connectivity index (χ4v) is 3.36. The number of nitrogens with zero attached hydrogens (tertiary/aromatic N) is 1. The van der Waals surface area contributed by atoms with Crippen molar-refractivity contribution in [2.24, 2.45) is 0 Å². The minimum absolute atomic E-state index is 0.494. The minimum Gasteiger partial charge on any atom is -0.308 e. The molecule has 0 saturated heterocycles. The lowest BCUT2D eigenvalue weighted by Crippen LogP contribution is -2.34. The van der Waals surface area contributed by atoms with Crippen LogP contribution in [0.1, 0.15) is 49.4 Å². The maximum absolute atomic E-state index is 3.65. The van der Waals surface area contributed by atoms with E-state index in [1.54, 1.807) is 0 Å². The molecule has 1 saturated carbocycles. The van der Waals surface area contributed by atoms with Crippen LogP contribution in [0.4, 0.5) is 0 Å². The number of hydrogen-bond donors (Lipinski definition) is 1. The third kappa shape index (κ3) is 3.81. The number of thiophene rings is 1. The predicted molar refractivity (Wildman–Crippen MR) is 80.4 cm³/mol. The Balaban J connectivity index is 1.72. The van der Waals surface area contributed by atoms with Crippen molar-refractivity contribution in [1.82, 2.24) is 10.2 Å². The monoisotopic (exact) mass is 266 g/mol. The van der Waals surface area contributed by atoms with Gasteiger partial charge in [-0.25, -0.2) is 0 Å². The number of nitrogens with one attached hydrogen (secondary N) is 1. The molecule has 1 aliphatic carbocycles. The van der Waals surface area contributed by atoms with Crippen LogP contribution in [0, 0.1) is 0 Å². The van der Waals surface area contributed by atoms with Gasteiger partial charge < -0.3 is 5.32 Å². The molecule has 18 heavy (non-hydrogen) atoms. The molecule has 1 aliphatic rings. The van der Waals surface area contributed by atoms with Crippen LogP contribution in [0.15, 0.2) is 12.1 Å². The summed E-state index contributed by atoms with van der Waals surface area (Å²) in [4.78, 5) is 5.57. The minimum atomic E-state index is 0.494. The van der Waals surface area contributed by atoms with Crippen molar-refractivity contribution in [1.29, 1.82) is 0 Å². The topological polar surface area (TPSA) is 15.3 Å². The summed E-state index contributed by atoms with van der Waals surface area (Å²) in [6.07, 6.45) is 3.98. The quantitative estimate of drug-likeness (QED) is 0.775. The lowest BCUT2D eigenvalue weighted by Gasteiger charge is -2.21. The molecule has 0 amide bonds. The molecular formula is C15H26N2S. The Bertz CT molecular complexity index is 357. The van der Waals surface area contributed by atoms with Gasteiger partial charge in [-0.1, -0.05) is 13.8 Å². The number of hydrogen-bond acceptors (Lipinski definition) is 3. The van der Waals surface area contributed by atoms with E-state index in [0.717, 1.165) is 19.0 Å². The lowest BCUT2D eigenvalue weighted by atomic mass is 10.2. The van der Waals surface area contributed by atoms with Gasteiger partial charge >= 0.3 is 0 Å². The van der Waals surface area contributed by atoms with Crippen LogP contribution in [-0.4, -0.2) is 30.6 Å². The van der Waals surface area contributed by atoms with Crippen LogP contribution in [-0.2, 0) is 6.42 Å². The van der Waals surface area contributed by atoms with Gasteiger partial charge in [0.05, 0.1) is 0 Å². The van der Waals surface area contributed by atoms with E-state index in [9.17, 15) is 0 Å². The summed E-state index contributed by atoms with van der Waals surface area (Å²) in [5, 5.41) is 3.65. The molecular weight excluding hydrogens is 240 g/mol. The summed E-state index contributed by atoms with van der Waals surface area (Å²) in [6, 6.07) is 5.93. The van der Waals surface area contributed by atoms with Crippen molar-refractivity contribution in [3.63, 3.8) is 0 Å².